The molecule has 0 aliphatic rings. The number of ether oxygens (including phenoxy) is 2. The normalized spacial score (nSPS) is 10.5. The highest BCUT2D eigenvalue weighted by Crippen LogP contribution is 2.28. The van der Waals surface area contributed by atoms with Crippen molar-refractivity contribution >= 4 is 33.9 Å². The average Bonchev–Trinajstić information content (AvgIpc) is 2.60. The van der Waals surface area contributed by atoms with E-state index in [9.17, 15) is 19.7 Å². The van der Waals surface area contributed by atoms with Crippen molar-refractivity contribution in [1.82, 2.24) is 0 Å². The fourth-order valence-corrected chi connectivity index (χ4v) is 2.49. The van der Waals surface area contributed by atoms with E-state index in [1.54, 1.807) is 12.1 Å². The van der Waals surface area contributed by atoms with Crippen LogP contribution in [0.15, 0.2) is 40.9 Å². The lowest BCUT2D eigenvalue weighted by Crippen LogP contribution is -2.10. The third-order valence-corrected chi connectivity index (χ3v) is 3.89. The van der Waals surface area contributed by atoms with Crippen molar-refractivity contribution in [2.75, 3.05) is 6.61 Å². The van der Waals surface area contributed by atoms with Crippen LogP contribution < -0.4 is 9.47 Å². The summed E-state index contributed by atoms with van der Waals surface area (Å²) in [6.07, 6.45) is 0.397. The number of carbonyl (C=O) groups is 2. The molecule has 2 aromatic carbocycles. The van der Waals surface area contributed by atoms with E-state index >= 15 is 0 Å². The van der Waals surface area contributed by atoms with Crippen LogP contribution in [0.3, 0.4) is 0 Å². The van der Waals surface area contributed by atoms with Crippen LogP contribution in [0.4, 0.5) is 5.69 Å². The maximum atomic E-state index is 12.3. The molecule has 8 heteroatoms. The zero-order valence-electron chi connectivity index (χ0n) is 14.1. The Morgan fingerprint density at radius 2 is 1.92 bits per heavy atom. The van der Waals surface area contributed by atoms with Crippen LogP contribution in [0, 0.1) is 16.0 Å². The summed E-state index contributed by atoms with van der Waals surface area (Å²) in [6, 6.07) is 8.15. The fourth-order valence-electron chi connectivity index (χ4n) is 1.99. The second-order valence-electron chi connectivity index (χ2n) is 5.84. The maximum Gasteiger partial charge on any atom is 0.343 e. The average molecular weight is 422 g/mol. The third kappa shape index (κ3) is 4.89. The van der Waals surface area contributed by atoms with Gasteiger partial charge in [0.2, 0.25) is 0 Å². The molecule has 0 amide bonds. The summed E-state index contributed by atoms with van der Waals surface area (Å²) in [5, 5.41) is 10.8. The maximum absolute atomic E-state index is 12.3. The Kier molecular flexibility index (Phi) is 6.46. The first-order valence-corrected chi connectivity index (χ1v) is 8.49. The molecule has 0 spiro atoms. The van der Waals surface area contributed by atoms with E-state index in [-0.39, 0.29) is 22.6 Å². The molecule has 0 bridgehead atoms. The van der Waals surface area contributed by atoms with Crippen LogP contribution in [-0.2, 0) is 0 Å². The minimum Gasteiger partial charge on any atom is -0.492 e. The molecule has 7 nitrogen and oxygen atoms in total. The zero-order valence-corrected chi connectivity index (χ0v) is 15.7. The topological polar surface area (TPSA) is 95.7 Å². The van der Waals surface area contributed by atoms with Gasteiger partial charge in [0.05, 0.1) is 27.1 Å². The predicted octanol–water partition coefficient (Wildman–Crippen LogP) is 4.42. The van der Waals surface area contributed by atoms with Crippen LogP contribution in [0.2, 0.25) is 0 Å². The van der Waals surface area contributed by atoms with Crippen molar-refractivity contribution < 1.29 is 24.0 Å². The Balaban J connectivity index is 2.18. The SMILES string of the molecule is CC(C)COc1ccc(C(=O)Oc2ccc([N+](=O)[O-])cc2C=O)cc1Br. The van der Waals surface area contributed by atoms with Crippen LogP contribution in [0.1, 0.15) is 34.6 Å². The molecule has 0 aliphatic carbocycles. The molecular weight excluding hydrogens is 406 g/mol. The number of hydrogen-bond acceptors (Lipinski definition) is 6. The molecule has 136 valence electrons. The van der Waals surface area contributed by atoms with Gasteiger partial charge in [0.25, 0.3) is 5.69 Å². The number of halogens is 1. The first-order valence-electron chi connectivity index (χ1n) is 7.70. The van der Waals surface area contributed by atoms with Crippen molar-refractivity contribution in [2.45, 2.75) is 13.8 Å². The molecule has 0 radical (unpaired) electrons. The van der Waals surface area contributed by atoms with Gasteiger partial charge in [-0.15, -0.1) is 0 Å². The van der Waals surface area contributed by atoms with E-state index < -0.39 is 10.9 Å². The molecule has 0 unspecified atom stereocenters. The summed E-state index contributed by atoms with van der Waals surface area (Å²) in [5.74, 6) is 0.208. The number of rotatable bonds is 7. The molecule has 2 aromatic rings. The Morgan fingerprint density at radius 3 is 2.50 bits per heavy atom. The zero-order chi connectivity index (χ0) is 19.3. The van der Waals surface area contributed by atoms with Crippen molar-refractivity contribution in [3.05, 3.63) is 62.1 Å². The van der Waals surface area contributed by atoms with Crippen molar-refractivity contribution in [3.8, 4) is 11.5 Å². The first kappa shape index (κ1) is 19.6. The van der Waals surface area contributed by atoms with E-state index in [0.717, 1.165) is 12.1 Å². The standard InChI is InChI=1S/C18H16BrNO6/c1-11(2)10-25-17-5-3-12(8-15(17)19)18(22)26-16-6-4-14(20(23)24)7-13(16)9-21/h3-9,11H,10H2,1-2H3. The first-order chi connectivity index (χ1) is 12.3. The second kappa shape index (κ2) is 8.57. The van der Waals surface area contributed by atoms with Gasteiger partial charge in [-0.2, -0.15) is 0 Å². The summed E-state index contributed by atoms with van der Waals surface area (Å²) >= 11 is 3.34. The van der Waals surface area contributed by atoms with Gasteiger partial charge in [-0.1, -0.05) is 13.8 Å². The van der Waals surface area contributed by atoms with E-state index in [2.05, 4.69) is 15.9 Å². The smallest absolute Gasteiger partial charge is 0.343 e. The van der Waals surface area contributed by atoms with Gasteiger partial charge in [0, 0.05) is 12.1 Å². The van der Waals surface area contributed by atoms with E-state index in [0.29, 0.717) is 29.0 Å². The molecule has 2 rings (SSSR count). The Labute approximate surface area is 158 Å². The van der Waals surface area contributed by atoms with Gasteiger partial charge >= 0.3 is 5.97 Å². The number of benzene rings is 2. The van der Waals surface area contributed by atoms with Gasteiger partial charge in [-0.3, -0.25) is 14.9 Å². The van der Waals surface area contributed by atoms with Crippen LogP contribution >= 0.6 is 15.9 Å². The quantitative estimate of drug-likeness (QED) is 0.216. The highest BCUT2D eigenvalue weighted by atomic mass is 79.9. The van der Waals surface area contributed by atoms with E-state index in [4.69, 9.17) is 9.47 Å². The minimum absolute atomic E-state index is 0.0492. The minimum atomic E-state index is -0.696. The van der Waals surface area contributed by atoms with Crippen molar-refractivity contribution in [2.24, 2.45) is 5.92 Å². The lowest BCUT2D eigenvalue weighted by molar-refractivity contribution is -0.384. The molecule has 0 heterocycles. The van der Waals surface area contributed by atoms with Gasteiger partial charge in [-0.25, -0.2) is 4.79 Å². The molecule has 0 fully saturated rings. The largest absolute Gasteiger partial charge is 0.492 e. The number of aldehydes is 1. The molecule has 0 aromatic heterocycles. The molecule has 26 heavy (non-hydrogen) atoms. The van der Waals surface area contributed by atoms with Crippen LogP contribution in [0.5, 0.6) is 11.5 Å². The Hall–Kier alpha value is -2.74. The molecule has 0 atom stereocenters. The van der Waals surface area contributed by atoms with E-state index in [1.807, 2.05) is 13.8 Å². The van der Waals surface area contributed by atoms with E-state index in [1.165, 1.54) is 12.1 Å². The van der Waals surface area contributed by atoms with Gasteiger partial charge in [-0.05, 0) is 46.1 Å². The molecule has 0 N–H and O–H groups in total. The highest BCUT2D eigenvalue weighted by molar-refractivity contribution is 9.10. The number of nitro groups is 1. The number of nitro benzene ring substituents is 1. The summed E-state index contributed by atoms with van der Waals surface area (Å²) < 4.78 is 11.4. The predicted molar refractivity (Wildman–Crippen MR) is 97.9 cm³/mol. The summed E-state index contributed by atoms with van der Waals surface area (Å²) in [6.45, 7) is 4.58. The number of esters is 1. The Bertz CT molecular complexity index is 850. The summed E-state index contributed by atoms with van der Waals surface area (Å²) in [5.41, 5.74) is -0.103. The van der Waals surface area contributed by atoms with Gasteiger partial charge in [0.15, 0.2) is 6.29 Å². The van der Waals surface area contributed by atoms with Crippen LogP contribution in [0.25, 0.3) is 0 Å². The number of non-ortho nitro benzene ring substituents is 1. The van der Waals surface area contributed by atoms with Crippen molar-refractivity contribution in [1.29, 1.82) is 0 Å². The molecule has 0 aliphatic heterocycles. The van der Waals surface area contributed by atoms with Crippen molar-refractivity contribution in [3.63, 3.8) is 0 Å². The summed E-state index contributed by atoms with van der Waals surface area (Å²) in [7, 11) is 0. The van der Waals surface area contributed by atoms with Gasteiger partial charge < -0.3 is 9.47 Å². The number of hydrogen-bond donors (Lipinski definition) is 0. The van der Waals surface area contributed by atoms with Crippen LogP contribution in [-0.4, -0.2) is 23.8 Å². The monoisotopic (exact) mass is 421 g/mol. The lowest BCUT2D eigenvalue weighted by Gasteiger charge is -2.11. The molecular formula is C18H16BrNO6. The molecule has 0 saturated heterocycles. The lowest BCUT2D eigenvalue weighted by atomic mass is 10.2. The Morgan fingerprint density at radius 1 is 1.23 bits per heavy atom. The molecule has 0 saturated carbocycles. The highest BCUT2D eigenvalue weighted by Gasteiger charge is 2.16. The summed E-state index contributed by atoms with van der Waals surface area (Å²) in [4.78, 5) is 33.5. The fraction of sp³-hybridized carbons (Fsp3) is 0.222. The number of carbonyl (C=O) groups excluding carboxylic acids is 2. The number of nitrogens with zero attached hydrogens (tertiary/aromatic N) is 1. The van der Waals surface area contributed by atoms with Gasteiger partial charge in [0.1, 0.15) is 11.5 Å². The second-order valence-corrected chi connectivity index (χ2v) is 6.69. The third-order valence-electron chi connectivity index (χ3n) is 3.27.